The van der Waals surface area contributed by atoms with Crippen molar-refractivity contribution < 1.29 is 0 Å². The van der Waals surface area contributed by atoms with Gasteiger partial charge in [0.05, 0.1) is 11.7 Å². The number of guanidine groups is 1. The Balaban J connectivity index is 1.53. The molecule has 158 valence electrons. The Kier molecular flexibility index (Phi) is 5.11. The van der Waals surface area contributed by atoms with Gasteiger partial charge in [0.15, 0.2) is 5.96 Å². The van der Waals surface area contributed by atoms with Crippen LogP contribution in [0.25, 0.3) is 16.7 Å². The molecule has 8 heteroatoms. The van der Waals surface area contributed by atoms with Gasteiger partial charge < -0.3 is 16.5 Å². The van der Waals surface area contributed by atoms with Crippen LogP contribution < -0.4 is 17.2 Å². The van der Waals surface area contributed by atoms with Crippen molar-refractivity contribution in [3.63, 3.8) is 0 Å². The van der Waals surface area contributed by atoms with E-state index in [0.717, 1.165) is 42.8 Å². The maximum absolute atomic E-state index is 12.6. The summed E-state index contributed by atoms with van der Waals surface area (Å²) in [4.78, 5) is 26.7. The maximum atomic E-state index is 12.6. The first kappa shape index (κ1) is 20.2. The number of hydrogen-bond acceptors (Lipinski definition) is 4. The summed E-state index contributed by atoms with van der Waals surface area (Å²) in [6.07, 6.45) is 2.82. The molecule has 1 aliphatic heterocycles. The van der Waals surface area contributed by atoms with E-state index in [-0.39, 0.29) is 23.1 Å². The molecule has 30 heavy (non-hydrogen) atoms. The number of rotatable bonds is 4. The molecular weight excluding hydrogens is 378 g/mol. The van der Waals surface area contributed by atoms with Gasteiger partial charge in [0, 0.05) is 42.3 Å². The minimum Gasteiger partial charge on any atom is -0.370 e. The number of nitrogens with one attached hydrogen (secondary N) is 1. The van der Waals surface area contributed by atoms with Crippen molar-refractivity contribution in [2.75, 3.05) is 13.1 Å². The number of aromatic amines is 1. The van der Waals surface area contributed by atoms with Gasteiger partial charge in [-0.1, -0.05) is 32.9 Å². The lowest BCUT2D eigenvalue weighted by Crippen LogP contribution is -2.27. The van der Waals surface area contributed by atoms with Crippen LogP contribution in [0.15, 0.2) is 46.3 Å². The van der Waals surface area contributed by atoms with Crippen molar-refractivity contribution in [3.8, 4) is 5.69 Å². The quantitative estimate of drug-likeness (QED) is 0.451. The highest BCUT2D eigenvalue weighted by molar-refractivity contribution is 5.76. The molecule has 3 heterocycles. The van der Waals surface area contributed by atoms with Gasteiger partial charge in [-0.15, -0.1) is 0 Å². The molecule has 1 fully saturated rings. The van der Waals surface area contributed by atoms with Crippen molar-refractivity contribution in [3.05, 3.63) is 58.3 Å². The molecule has 0 saturated carbocycles. The van der Waals surface area contributed by atoms with Gasteiger partial charge in [-0.3, -0.25) is 9.47 Å². The third kappa shape index (κ3) is 4.23. The van der Waals surface area contributed by atoms with Crippen LogP contribution in [-0.2, 0) is 12.0 Å². The maximum Gasteiger partial charge on any atom is 0.354 e. The number of aromatic nitrogens is 3. The van der Waals surface area contributed by atoms with Crippen molar-refractivity contribution >= 4 is 17.0 Å². The van der Waals surface area contributed by atoms with Crippen LogP contribution in [0.4, 0.5) is 0 Å². The van der Waals surface area contributed by atoms with E-state index in [1.54, 1.807) is 4.57 Å². The van der Waals surface area contributed by atoms with Crippen LogP contribution in [0.3, 0.4) is 0 Å². The molecule has 0 spiro atoms. The minimum atomic E-state index is -0.294. The van der Waals surface area contributed by atoms with E-state index in [1.165, 1.54) is 5.56 Å². The second-order valence-corrected chi connectivity index (χ2v) is 9.03. The van der Waals surface area contributed by atoms with Gasteiger partial charge in [0.25, 0.3) is 0 Å². The molecule has 3 aromatic rings. The molecular formula is C22H29N7O. The van der Waals surface area contributed by atoms with Crippen molar-refractivity contribution in [2.24, 2.45) is 16.5 Å². The van der Waals surface area contributed by atoms with Gasteiger partial charge in [-0.05, 0) is 30.2 Å². The van der Waals surface area contributed by atoms with Crippen LogP contribution in [-0.4, -0.2) is 44.5 Å². The SMILES string of the molecule is CC(C)(C)c1cc2cn(-c3ccc(CN4CC[C@@H](N=C(N)N)C4)cc3)c(=O)nc2[nH]1. The molecule has 1 saturated heterocycles. The predicted octanol–water partition coefficient (Wildman–Crippen LogP) is 1.86. The average Bonchev–Trinajstić information content (AvgIpc) is 3.27. The summed E-state index contributed by atoms with van der Waals surface area (Å²) in [7, 11) is 0. The van der Waals surface area contributed by atoms with Crippen molar-refractivity contribution in [2.45, 2.75) is 45.2 Å². The standard InChI is InChI=1S/C22H29N7O/c1-22(2,3)18-10-15-12-29(21(30)27-19(15)26-18)17-6-4-14(5-7-17)11-28-9-8-16(13-28)25-20(23)24/h4-7,10,12,16H,8-9,11,13H2,1-3H3,(H4,23,24,25)(H,26,27,30)/t16-/m1/s1. The zero-order valence-electron chi connectivity index (χ0n) is 17.7. The van der Waals surface area contributed by atoms with Crippen LogP contribution >= 0.6 is 0 Å². The minimum absolute atomic E-state index is 0.0357. The predicted molar refractivity (Wildman–Crippen MR) is 120 cm³/mol. The normalized spacial score (nSPS) is 17.5. The molecule has 2 aromatic heterocycles. The van der Waals surface area contributed by atoms with E-state index < -0.39 is 0 Å². The molecule has 1 atom stereocenters. The molecule has 4 rings (SSSR count). The van der Waals surface area contributed by atoms with E-state index in [4.69, 9.17) is 11.5 Å². The van der Waals surface area contributed by atoms with Gasteiger partial charge in [0.2, 0.25) is 0 Å². The van der Waals surface area contributed by atoms with Crippen LogP contribution in [0.1, 0.15) is 38.4 Å². The first-order valence-corrected chi connectivity index (χ1v) is 10.2. The Labute approximate surface area is 175 Å². The Morgan fingerprint density at radius 1 is 1.27 bits per heavy atom. The van der Waals surface area contributed by atoms with E-state index in [1.807, 2.05) is 18.3 Å². The zero-order valence-corrected chi connectivity index (χ0v) is 17.7. The highest BCUT2D eigenvalue weighted by Crippen LogP contribution is 2.24. The molecule has 0 amide bonds. The number of nitrogens with zero attached hydrogens (tertiary/aromatic N) is 4. The zero-order chi connectivity index (χ0) is 21.5. The Hall–Kier alpha value is -3.13. The summed E-state index contributed by atoms with van der Waals surface area (Å²) >= 11 is 0. The fraction of sp³-hybridized carbons (Fsp3) is 0.409. The number of nitrogens with two attached hydrogens (primary N) is 2. The van der Waals surface area contributed by atoms with Gasteiger partial charge in [0.1, 0.15) is 5.65 Å². The Morgan fingerprint density at radius 3 is 2.67 bits per heavy atom. The summed E-state index contributed by atoms with van der Waals surface area (Å²) in [6.45, 7) is 9.03. The number of hydrogen-bond donors (Lipinski definition) is 3. The van der Waals surface area contributed by atoms with Crippen LogP contribution in [0, 0.1) is 0 Å². The van der Waals surface area contributed by atoms with Gasteiger partial charge in [-0.25, -0.2) is 9.79 Å². The fourth-order valence-electron chi connectivity index (χ4n) is 3.88. The average molecular weight is 408 g/mol. The smallest absolute Gasteiger partial charge is 0.354 e. The fourth-order valence-corrected chi connectivity index (χ4v) is 3.88. The van der Waals surface area contributed by atoms with Crippen molar-refractivity contribution in [1.82, 2.24) is 19.4 Å². The summed E-state index contributed by atoms with van der Waals surface area (Å²) in [5.74, 6) is 0.152. The van der Waals surface area contributed by atoms with Gasteiger partial charge in [-0.2, -0.15) is 4.98 Å². The largest absolute Gasteiger partial charge is 0.370 e. The highest BCUT2D eigenvalue weighted by Gasteiger charge is 2.22. The number of H-pyrrole nitrogens is 1. The summed E-state index contributed by atoms with van der Waals surface area (Å²) in [5, 5.41) is 0.923. The summed E-state index contributed by atoms with van der Waals surface area (Å²) < 4.78 is 1.59. The first-order chi connectivity index (χ1) is 14.2. The molecule has 8 nitrogen and oxygen atoms in total. The molecule has 1 aromatic carbocycles. The second kappa shape index (κ2) is 7.60. The lowest BCUT2D eigenvalue weighted by atomic mass is 9.92. The summed E-state index contributed by atoms with van der Waals surface area (Å²) in [5.41, 5.74) is 14.3. The molecule has 0 radical (unpaired) electrons. The molecule has 1 aliphatic rings. The summed E-state index contributed by atoms with van der Waals surface area (Å²) in [6, 6.07) is 10.3. The third-order valence-electron chi connectivity index (χ3n) is 5.52. The highest BCUT2D eigenvalue weighted by atomic mass is 16.1. The number of aliphatic imine (C=N–C) groups is 1. The van der Waals surface area contributed by atoms with Crippen molar-refractivity contribution in [1.29, 1.82) is 0 Å². The van der Waals surface area contributed by atoms with Gasteiger partial charge >= 0.3 is 5.69 Å². The third-order valence-corrected chi connectivity index (χ3v) is 5.52. The molecule has 5 N–H and O–H groups in total. The Bertz CT molecular complexity index is 1130. The van der Waals surface area contributed by atoms with Crippen LogP contribution in [0.5, 0.6) is 0 Å². The molecule has 0 bridgehead atoms. The van der Waals surface area contributed by atoms with E-state index in [2.05, 4.69) is 58.8 Å². The molecule has 0 unspecified atom stereocenters. The Morgan fingerprint density at radius 2 is 2.00 bits per heavy atom. The van der Waals surface area contributed by atoms with E-state index in [9.17, 15) is 4.79 Å². The number of benzene rings is 1. The van der Waals surface area contributed by atoms with Crippen LogP contribution in [0.2, 0.25) is 0 Å². The lowest BCUT2D eigenvalue weighted by molar-refractivity contribution is 0.327. The topological polar surface area (TPSA) is 118 Å². The number of fused-ring (bicyclic) bond motifs is 1. The monoisotopic (exact) mass is 407 g/mol. The van der Waals surface area contributed by atoms with E-state index in [0.29, 0.717) is 5.65 Å². The van der Waals surface area contributed by atoms with E-state index >= 15 is 0 Å². The molecule has 0 aliphatic carbocycles. The lowest BCUT2D eigenvalue weighted by Gasteiger charge is -2.15. The number of likely N-dealkylation sites (tertiary alicyclic amines) is 1. The second-order valence-electron chi connectivity index (χ2n) is 9.03. The first-order valence-electron chi connectivity index (χ1n) is 10.2.